The molecule has 0 radical (unpaired) electrons. The van der Waals surface area contributed by atoms with E-state index in [1.54, 1.807) is 0 Å². The third-order valence-electron chi connectivity index (χ3n) is 3.81. The van der Waals surface area contributed by atoms with Gasteiger partial charge in [0.05, 0.1) is 0 Å². The quantitative estimate of drug-likeness (QED) is 0.825. The first-order valence-electron chi connectivity index (χ1n) is 5.73. The molecule has 2 rings (SSSR count). The lowest BCUT2D eigenvalue weighted by molar-refractivity contribution is 0.494. The van der Waals surface area contributed by atoms with Crippen molar-refractivity contribution in [1.29, 1.82) is 0 Å². The molecule has 2 N–H and O–H groups in total. The maximum absolute atomic E-state index is 5.80. The van der Waals surface area contributed by atoms with Gasteiger partial charge in [0, 0.05) is 23.9 Å². The summed E-state index contributed by atoms with van der Waals surface area (Å²) >= 11 is 0. The van der Waals surface area contributed by atoms with E-state index in [-0.39, 0.29) is 0 Å². The van der Waals surface area contributed by atoms with Crippen molar-refractivity contribution in [3.8, 4) is 0 Å². The van der Waals surface area contributed by atoms with Gasteiger partial charge in [0.1, 0.15) is 0 Å². The Morgan fingerprint density at radius 1 is 1.53 bits per heavy atom. The van der Waals surface area contributed by atoms with Crippen LogP contribution in [0.25, 0.3) is 0 Å². The third-order valence-corrected chi connectivity index (χ3v) is 3.81. The molecule has 0 saturated heterocycles. The highest BCUT2D eigenvalue weighted by molar-refractivity contribution is 5.26. The summed E-state index contributed by atoms with van der Waals surface area (Å²) in [5.41, 5.74) is 7.50. The fraction of sp³-hybridized carbons (Fsp3) is 0.750. The Morgan fingerprint density at radius 2 is 2.20 bits per heavy atom. The van der Waals surface area contributed by atoms with Gasteiger partial charge in [0.25, 0.3) is 0 Å². The van der Waals surface area contributed by atoms with Crippen molar-refractivity contribution < 1.29 is 0 Å². The minimum Gasteiger partial charge on any atom is -0.330 e. The summed E-state index contributed by atoms with van der Waals surface area (Å²) < 4.78 is 2.13. The Labute approximate surface area is 91.7 Å². The summed E-state index contributed by atoms with van der Waals surface area (Å²) in [6, 6.07) is 2.58. The lowest BCUT2D eigenvalue weighted by atomic mass is 10.1. The largest absolute Gasteiger partial charge is 0.330 e. The zero-order valence-corrected chi connectivity index (χ0v) is 10.1. The van der Waals surface area contributed by atoms with Gasteiger partial charge in [-0.3, -0.25) is 4.68 Å². The van der Waals surface area contributed by atoms with Crippen LogP contribution in [-0.4, -0.2) is 16.3 Å². The van der Waals surface area contributed by atoms with Crippen molar-refractivity contribution in [2.24, 2.45) is 17.1 Å². The molecule has 0 bridgehead atoms. The summed E-state index contributed by atoms with van der Waals surface area (Å²) in [5.74, 6) is 1.21. The van der Waals surface area contributed by atoms with E-state index in [0.717, 1.165) is 6.54 Å². The molecule has 1 aliphatic rings. The maximum Gasteiger partial charge on any atom is 0.0492 e. The number of rotatable bonds is 3. The molecule has 1 aromatic heterocycles. The van der Waals surface area contributed by atoms with Crippen LogP contribution in [0.15, 0.2) is 12.3 Å². The summed E-state index contributed by atoms with van der Waals surface area (Å²) in [5, 5.41) is 4.39. The number of aromatic nitrogens is 2. The van der Waals surface area contributed by atoms with Crippen LogP contribution in [0, 0.1) is 11.3 Å². The second-order valence-corrected chi connectivity index (χ2v) is 5.44. The monoisotopic (exact) mass is 207 g/mol. The van der Waals surface area contributed by atoms with Crippen LogP contribution in [0.2, 0.25) is 0 Å². The predicted molar refractivity (Wildman–Crippen MR) is 61.7 cm³/mol. The minimum absolute atomic E-state index is 0.349. The summed E-state index contributed by atoms with van der Waals surface area (Å²) in [4.78, 5) is 0. The van der Waals surface area contributed by atoms with Gasteiger partial charge in [-0.05, 0) is 37.8 Å². The predicted octanol–water partition coefficient (Wildman–Crippen LogP) is 2.16. The van der Waals surface area contributed by atoms with Gasteiger partial charge in [0.15, 0.2) is 0 Å². The van der Waals surface area contributed by atoms with Crippen molar-refractivity contribution >= 4 is 0 Å². The molecule has 0 amide bonds. The second kappa shape index (κ2) is 3.34. The molecule has 0 aromatic carbocycles. The lowest BCUT2D eigenvalue weighted by Gasteiger charge is -2.11. The zero-order chi connectivity index (χ0) is 11.2. The molecule has 84 valence electrons. The molecule has 0 spiro atoms. The van der Waals surface area contributed by atoms with Gasteiger partial charge in [-0.25, -0.2) is 0 Å². The first-order chi connectivity index (χ1) is 7.00. The Morgan fingerprint density at radius 3 is 2.67 bits per heavy atom. The van der Waals surface area contributed by atoms with Gasteiger partial charge >= 0.3 is 0 Å². The molecule has 2 atom stereocenters. The van der Waals surface area contributed by atoms with E-state index in [0.29, 0.717) is 23.3 Å². The molecule has 1 fully saturated rings. The number of hydrogen-bond acceptors (Lipinski definition) is 2. The molecule has 0 aliphatic heterocycles. The molecule has 0 unspecified atom stereocenters. The summed E-state index contributed by atoms with van der Waals surface area (Å²) in [7, 11) is 0. The topological polar surface area (TPSA) is 43.8 Å². The van der Waals surface area contributed by atoms with Crippen LogP contribution in [0.4, 0.5) is 0 Å². The Bertz CT molecular complexity index is 352. The van der Waals surface area contributed by atoms with Crippen LogP contribution in [-0.2, 0) is 0 Å². The third kappa shape index (κ3) is 1.49. The molecule has 1 aromatic rings. The first kappa shape index (κ1) is 10.7. The summed E-state index contributed by atoms with van der Waals surface area (Å²) in [6.45, 7) is 9.72. The van der Waals surface area contributed by atoms with Crippen molar-refractivity contribution in [3.05, 3.63) is 18.0 Å². The first-order valence-corrected chi connectivity index (χ1v) is 5.73. The van der Waals surface area contributed by atoms with E-state index in [4.69, 9.17) is 5.73 Å². The second-order valence-electron chi connectivity index (χ2n) is 5.44. The molecular weight excluding hydrogens is 186 g/mol. The highest BCUT2D eigenvalue weighted by Crippen LogP contribution is 2.63. The normalized spacial score (nSPS) is 28.4. The molecular formula is C12H21N3. The van der Waals surface area contributed by atoms with Crippen molar-refractivity contribution in [2.75, 3.05) is 6.54 Å². The van der Waals surface area contributed by atoms with Gasteiger partial charge < -0.3 is 5.73 Å². The van der Waals surface area contributed by atoms with Gasteiger partial charge in [-0.1, -0.05) is 13.8 Å². The zero-order valence-electron chi connectivity index (χ0n) is 10.1. The van der Waals surface area contributed by atoms with Crippen LogP contribution >= 0.6 is 0 Å². The van der Waals surface area contributed by atoms with E-state index in [1.165, 1.54) is 5.69 Å². The van der Waals surface area contributed by atoms with Gasteiger partial charge in [0.2, 0.25) is 0 Å². The van der Waals surface area contributed by atoms with Crippen molar-refractivity contribution in [1.82, 2.24) is 9.78 Å². The fourth-order valence-electron chi connectivity index (χ4n) is 2.77. The Hall–Kier alpha value is -0.830. The van der Waals surface area contributed by atoms with E-state index < -0.39 is 0 Å². The lowest BCUT2D eigenvalue weighted by Crippen LogP contribution is -2.08. The number of nitrogens with two attached hydrogens (primary N) is 1. The molecule has 15 heavy (non-hydrogen) atoms. The molecule has 1 aliphatic carbocycles. The van der Waals surface area contributed by atoms with E-state index in [9.17, 15) is 0 Å². The van der Waals surface area contributed by atoms with Crippen molar-refractivity contribution in [3.63, 3.8) is 0 Å². The van der Waals surface area contributed by atoms with Crippen LogP contribution in [0.3, 0.4) is 0 Å². The maximum atomic E-state index is 5.80. The van der Waals surface area contributed by atoms with Gasteiger partial charge in [-0.2, -0.15) is 5.10 Å². The smallest absolute Gasteiger partial charge is 0.0492 e. The molecule has 1 saturated carbocycles. The highest BCUT2D eigenvalue weighted by atomic mass is 15.3. The van der Waals surface area contributed by atoms with Gasteiger partial charge in [-0.15, -0.1) is 0 Å². The SMILES string of the molecule is CC(C)n1nccc1[C@H]1[C@H](CN)C1(C)C. The average Bonchev–Trinajstić information content (AvgIpc) is 2.57. The highest BCUT2D eigenvalue weighted by Gasteiger charge is 2.58. The fourth-order valence-corrected chi connectivity index (χ4v) is 2.77. The van der Waals surface area contributed by atoms with E-state index >= 15 is 0 Å². The standard InChI is InChI=1S/C12H21N3/c1-8(2)15-10(5-6-14-15)11-9(7-13)12(11,3)4/h5-6,8-9,11H,7,13H2,1-4H3/t9-,11+/m0/s1. The van der Waals surface area contributed by atoms with E-state index in [2.05, 4.69) is 43.5 Å². The molecule has 3 nitrogen and oxygen atoms in total. The Balaban J connectivity index is 2.29. The summed E-state index contributed by atoms with van der Waals surface area (Å²) in [6.07, 6.45) is 1.90. The Kier molecular flexibility index (Phi) is 2.38. The molecule has 3 heteroatoms. The molecule has 1 heterocycles. The van der Waals surface area contributed by atoms with Crippen LogP contribution in [0.5, 0.6) is 0 Å². The van der Waals surface area contributed by atoms with Crippen LogP contribution in [0.1, 0.15) is 45.3 Å². The van der Waals surface area contributed by atoms with Crippen LogP contribution < -0.4 is 5.73 Å². The minimum atomic E-state index is 0.349. The van der Waals surface area contributed by atoms with Crippen molar-refractivity contribution in [2.45, 2.75) is 39.7 Å². The van der Waals surface area contributed by atoms with E-state index in [1.807, 2.05) is 6.20 Å². The number of nitrogens with zero attached hydrogens (tertiary/aromatic N) is 2. The average molecular weight is 207 g/mol. The number of hydrogen-bond donors (Lipinski definition) is 1.